The van der Waals surface area contributed by atoms with Crippen molar-refractivity contribution in [3.8, 4) is 0 Å². The fourth-order valence-electron chi connectivity index (χ4n) is 6.44. The second-order valence-electron chi connectivity index (χ2n) is 11.4. The fourth-order valence-corrected chi connectivity index (χ4v) is 6.44. The van der Waals surface area contributed by atoms with E-state index >= 15 is 0 Å². The number of benzene rings is 3. The van der Waals surface area contributed by atoms with E-state index in [0.717, 1.165) is 53.3 Å². The van der Waals surface area contributed by atoms with Crippen LogP contribution in [0.25, 0.3) is 10.9 Å². The number of nitrogens with zero attached hydrogens (tertiary/aromatic N) is 2. The van der Waals surface area contributed by atoms with Gasteiger partial charge in [0.1, 0.15) is 5.69 Å². The van der Waals surface area contributed by atoms with E-state index in [9.17, 15) is 9.59 Å². The highest BCUT2D eigenvalue weighted by molar-refractivity contribution is 6.04. The topological polar surface area (TPSA) is 54.3 Å². The average Bonchev–Trinajstić information content (AvgIpc) is 3.10. The van der Waals surface area contributed by atoms with Crippen LogP contribution in [-0.2, 0) is 23.4 Å². The third-order valence-corrected chi connectivity index (χ3v) is 8.65. The number of carbonyl (C=O) groups is 2. The highest BCUT2D eigenvalue weighted by Gasteiger charge is 2.52. The predicted octanol–water partition coefficient (Wildman–Crippen LogP) is 6.65. The Balaban J connectivity index is 1.53. The van der Waals surface area contributed by atoms with Crippen LogP contribution in [0.4, 0.5) is 0 Å². The van der Waals surface area contributed by atoms with Gasteiger partial charge in [-0.15, -0.1) is 0 Å². The predicted molar refractivity (Wildman–Crippen MR) is 155 cm³/mol. The van der Waals surface area contributed by atoms with Gasteiger partial charge in [0.05, 0.1) is 6.54 Å². The van der Waals surface area contributed by atoms with Gasteiger partial charge in [-0.05, 0) is 55.5 Å². The summed E-state index contributed by atoms with van der Waals surface area (Å²) in [5, 5.41) is 4.47. The lowest BCUT2D eigenvalue weighted by atomic mass is 9.83. The molecule has 1 aliphatic heterocycles. The van der Waals surface area contributed by atoms with Gasteiger partial charge >= 0.3 is 0 Å². The summed E-state index contributed by atoms with van der Waals surface area (Å²) < 4.78 is 2.08. The van der Waals surface area contributed by atoms with Crippen molar-refractivity contribution in [1.29, 1.82) is 0 Å². The van der Waals surface area contributed by atoms with Crippen LogP contribution in [0.15, 0.2) is 78.9 Å². The number of hydrogen-bond acceptors (Lipinski definition) is 2. The van der Waals surface area contributed by atoms with Crippen molar-refractivity contribution in [2.24, 2.45) is 0 Å². The molecule has 5 nitrogen and oxygen atoms in total. The van der Waals surface area contributed by atoms with E-state index in [4.69, 9.17) is 0 Å². The van der Waals surface area contributed by atoms with Crippen LogP contribution < -0.4 is 5.32 Å². The van der Waals surface area contributed by atoms with Gasteiger partial charge in [-0.25, -0.2) is 0 Å². The maximum absolute atomic E-state index is 14.7. The molecule has 3 aromatic carbocycles. The molecule has 39 heavy (non-hydrogen) atoms. The molecule has 6 rings (SSSR count). The SMILES string of the molecule is Cc1ccc(CN2C(=O)c3cc4ccc(C)cc4n3C[C@]2(C(=O)NC2CCCCCC2)c2ccccc2)cc1. The minimum absolute atomic E-state index is 0.0822. The molecule has 0 spiro atoms. The molecular formula is C34H37N3O2. The smallest absolute Gasteiger partial charge is 0.272 e. The highest BCUT2D eigenvalue weighted by atomic mass is 16.2. The van der Waals surface area contributed by atoms with Gasteiger partial charge in [0, 0.05) is 23.5 Å². The van der Waals surface area contributed by atoms with Gasteiger partial charge < -0.3 is 14.8 Å². The molecule has 1 fully saturated rings. The molecule has 2 aliphatic rings. The molecule has 0 saturated heterocycles. The molecule has 0 bridgehead atoms. The molecule has 1 saturated carbocycles. The Labute approximate surface area is 230 Å². The lowest BCUT2D eigenvalue weighted by molar-refractivity contribution is -0.136. The van der Waals surface area contributed by atoms with E-state index in [0.29, 0.717) is 18.8 Å². The van der Waals surface area contributed by atoms with Crippen molar-refractivity contribution in [3.63, 3.8) is 0 Å². The monoisotopic (exact) mass is 519 g/mol. The van der Waals surface area contributed by atoms with Crippen molar-refractivity contribution in [3.05, 3.63) is 107 Å². The number of nitrogens with one attached hydrogen (secondary N) is 1. The van der Waals surface area contributed by atoms with Crippen LogP contribution in [0.3, 0.4) is 0 Å². The summed E-state index contributed by atoms with van der Waals surface area (Å²) in [6.07, 6.45) is 6.65. The van der Waals surface area contributed by atoms with Gasteiger partial charge in [0.15, 0.2) is 5.54 Å². The second kappa shape index (κ2) is 10.4. The summed E-state index contributed by atoms with van der Waals surface area (Å²) in [5.74, 6) is -0.197. The summed E-state index contributed by atoms with van der Waals surface area (Å²) in [7, 11) is 0. The van der Waals surface area contributed by atoms with E-state index in [-0.39, 0.29) is 17.9 Å². The number of hydrogen-bond donors (Lipinski definition) is 1. The van der Waals surface area contributed by atoms with Gasteiger partial charge in [0.25, 0.3) is 11.8 Å². The highest BCUT2D eigenvalue weighted by Crippen LogP contribution is 2.40. The first-order chi connectivity index (χ1) is 19.0. The molecule has 1 aromatic heterocycles. The number of rotatable bonds is 5. The van der Waals surface area contributed by atoms with Gasteiger partial charge in [0.2, 0.25) is 0 Å². The molecule has 2 heterocycles. The zero-order valence-electron chi connectivity index (χ0n) is 23.0. The van der Waals surface area contributed by atoms with Crippen molar-refractivity contribution in [2.45, 2.75) is 77.0 Å². The normalized spacial score (nSPS) is 20.1. The first-order valence-corrected chi connectivity index (χ1v) is 14.3. The van der Waals surface area contributed by atoms with Crippen molar-refractivity contribution >= 4 is 22.7 Å². The Bertz CT molecular complexity index is 1500. The van der Waals surface area contributed by atoms with Crippen molar-refractivity contribution < 1.29 is 9.59 Å². The van der Waals surface area contributed by atoms with E-state index in [1.807, 2.05) is 41.3 Å². The van der Waals surface area contributed by atoms with Crippen molar-refractivity contribution in [2.75, 3.05) is 0 Å². The molecule has 2 amide bonds. The van der Waals surface area contributed by atoms with E-state index in [1.54, 1.807) is 0 Å². The molecule has 200 valence electrons. The van der Waals surface area contributed by atoms with Gasteiger partial charge in [-0.1, -0.05) is 98.0 Å². The Kier molecular flexibility index (Phi) is 6.76. The fraction of sp³-hybridized carbons (Fsp3) is 0.353. The Hall–Kier alpha value is -3.86. The van der Waals surface area contributed by atoms with Crippen LogP contribution in [0.1, 0.15) is 71.3 Å². The minimum atomic E-state index is -1.18. The minimum Gasteiger partial charge on any atom is -0.351 e. The van der Waals surface area contributed by atoms with Crippen LogP contribution in [-0.4, -0.2) is 27.3 Å². The molecule has 5 heteroatoms. The third kappa shape index (κ3) is 4.64. The van der Waals surface area contributed by atoms with E-state index in [1.165, 1.54) is 18.4 Å². The standard InChI is InChI=1S/C34H37N3O2/c1-24-14-17-26(18-15-24)22-37-32(38)31-21-27-19-16-25(2)20-30(27)36(31)23-34(37,28-10-6-5-7-11-28)33(39)35-29-12-8-3-4-9-13-29/h5-7,10-11,14-21,29H,3-4,8-9,12-13,22-23H2,1-2H3,(H,35,39)/t34-/m1/s1. The molecule has 0 unspecified atom stereocenters. The summed E-state index contributed by atoms with van der Waals surface area (Å²) in [6, 6.07) is 26.6. The van der Waals surface area contributed by atoms with Crippen LogP contribution in [0.5, 0.6) is 0 Å². The molecule has 1 N–H and O–H groups in total. The summed E-state index contributed by atoms with van der Waals surface area (Å²) in [6.45, 7) is 4.85. The Morgan fingerprint density at radius 2 is 1.56 bits per heavy atom. The van der Waals surface area contributed by atoms with Crippen LogP contribution >= 0.6 is 0 Å². The average molecular weight is 520 g/mol. The van der Waals surface area contributed by atoms with Crippen LogP contribution in [0.2, 0.25) is 0 Å². The summed E-state index contributed by atoms with van der Waals surface area (Å²) >= 11 is 0. The quantitative estimate of drug-likeness (QED) is 0.300. The maximum atomic E-state index is 14.7. The lowest BCUT2D eigenvalue weighted by Gasteiger charge is -2.47. The first-order valence-electron chi connectivity index (χ1n) is 14.3. The summed E-state index contributed by atoms with van der Waals surface area (Å²) in [5.41, 5.74) is 4.60. The largest absolute Gasteiger partial charge is 0.351 e. The maximum Gasteiger partial charge on any atom is 0.272 e. The Morgan fingerprint density at radius 3 is 2.28 bits per heavy atom. The van der Waals surface area contributed by atoms with Crippen molar-refractivity contribution in [1.82, 2.24) is 14.8 Å². The number of amides is 2. The molecule has 4 aromatic rings. The zero-order chi connectivity index (χ0) is 27.0. The van der Waals surface area contributed by atoms with Gasteiger partial charge in [-0.3, -0.25) is 9.59 Å². The Morgan fingerprint density at radius 1 is 0.872 bits per heavy atom. The molecular weight excluding hydrogens is 482 g/mol. The zero-order valence-corrected chi connectivity index (χ0v) is 23.0. The molecule has 0 radical (unpaired) electrons. The number of fused-ring (bicyclic) bond motifs is 3. The number of aromatic nitrogens is 1. The van der Waals surface area contributed by atoms with Crippen LogP contribution in [0, 0.1) is 13.8 Å². The van der Waals surface area contributed by atoms with E-state index in [2.05, 4.69) is 66.2 Å². The number of aryl methyl sites for hydroxylation is 2. The van der Waals surface area contributed by atoms with E-state index < -0.39 is 5.54 Å². The third-order valence-electron chi connectivity index (χ3n) is 8.65. The number of carbonyl (C=O) groups excluding carboxylic acids is 2. The molecule has 1 aliphatic carbocycles. The summed E-state index contributed by atoms with van der Waals surface area (Å²) in [4.78, 5) is 31.1. The second-order valence-corrected chi connectivity index (χ2v) is 11.4. The van der Waals surface area contributed by atoms with Gasteiger partial charge in [-0.2, -0.15) is 0 Å². The first kappa shape index (κ1) is 25.4. The lowest BCUT2D eigenvalue weighted by Crippen LogP contribution is -2.63. The molecule has 1 atom stereocenters.